The predicted octanol–water partition coefficient (Wildman–Crippen LogP) is 2.67. The molecule has 0 bridgehead atoms. The Bertz CT molecular complexity index is 639. The van der Waals surface area contributed by atoms with Gasteiger partial charge in [-0.2, -0.15) is 0 Å². The van der Waals surface area contributed by atoms with Gasteiger partial charge < -0.3 is 15.0 Å². The number of aryl methyl sites for hydroxylation is 1. The number of fused-ring (bicyclic) bond motifs is 1. The summed E-state index contributed by atoms with van der Waals surface area (Å²) in [6.07, 6.45) is 1.85. The van der Waals surface area contributed by atoms with Crippen LogP contribution in [0.2, 0.25) is 0 Å². The van der Waals surface area contributed by atoms with Crippen molar-refractivity contribution < 1.29 is 9.53 Å². The second-order valence-electron chi connectivity index (χ2n) is 5.43. The Morgan fingerprint density at radius 1 is 1.30 bits per heavy atom. The highest BCUT2D eigenvalue weighted by atomic mass is 16.5. The fraction of sp³-hybridized carbons (Fsp3) is 0.438. The predicted molar refractivity (Wildman–Crippen MR) is 79.5 cm³/mol. The lowest BCUT2D eigenvalue weighted by atomic mass is 9.88. The molecule has 2 heterocycles. The number of benzene rings is 1. The molecule has 0 atom stereocenters. The number of aromatic nitrogens is 1. The van der Waals surface area contributed by atoms with Crippen LogP contribution in [0, 0.1) is 12.8 Å². The van der Waals surface area contributed by atoms with E-state index in [1.165, 1.54) is 0 Å². The maximum atomic E-state index is 12.8. The van der Waals surface area contributed by atoms with E-state index < -0.39 is 0 Å². The summed E-state index contributed by atoms with van der Waals surface area (Å²) in [4.78, 5) is 16.1. The Hall–Kier alpha value is -1.81. The molecule has 20 heavy (non-hydrogen) atoms. The van der Waals surface area contributed by atoms with Gasteiger partial charge in [0.2, 0.25) is 0 Å². The number of piperidine rings is 1. The zero-order chi connectivity index (χ0) is 14.1. The van der Waals surface area contributed by atoms with Crippen LogP contribution in [0.3, 0.4) is 0 Å². The molecule has 4 heteroatoms. The van der Waals surface area contributed by atoms with Gasteiger partial charge >= 0.3 is 0 Å². The number of carbonyl (C=O) groups excluding carboxylic acids is 1. The number of methoxy groups -OCH3 is 1. The number of nitrogens with one attached hydrogen (secondary N) is 2. The topological polar surface area (TPSA) is 54.1 Å². The molecule has 1 aromatic carbocycles. The number of ketones is 1. The van der Waals surface area contributed by atoms with Gasteiger partial charge in [0.05, 0.1) is 7.11 Å². The van der Waals surface area contributed by atoms with Crippen molar-refractivity contribution in [3.63, 3.8) is 0 Å². The van der Waals surface area contributed by atoms with Crippen molar-refractivity contribution in [1.29, 1.82) is 0 Å². The number of ether oxygens (including phenoxy) is 1. The summed E-state index contributed by atoms with van der Waals surface area (Å²) in [5.74, 6) is 1.19. The van der Waals surface area contributed by atoms with Crippen LogP contribution in [0.25, 0.3) is 10.9 Å². The first-order valence-electron chi connectivity index (χ1n) is 7.12. The molecule has 0 amide bonds. The van der Waals surface area contributed by atoms with Crippen molar-refractivity contribution in [2.75, 3.05) is 20.2 Å². The minimum atomic E-state index is 0.139. The van der Waals surface area contributed by atoms with Gasteiger partial charge in [-0.3, -0.25) is 4.79 Å². The maximum absolute atomic E-state index is 12.8. The summed E-state index contributed by atoms with van der Waals surface area (Å²) in [6, 6.07) is 5.84. The van der Waals surface area contributed by atoms with E-state index in [0.29, 0.717) is 0 Å². The van der Waals surface area contributed by atoms with Gasteiger partial charge in [0, 0.05) is 28.1 Å². The molecule has 3 rings (SSSR count). The van der Waals surface area contributed by atoms with E-state index in [9.17, 15) is 4.79 Å². The number of rotatable bonds is 3. The van der Waals surface area contributed by atoms with Crippen LogP contribution in [-0.2, 0) is 0 Å². The zero-order valence-electron chi connectivity index (χ0n) is 12.0. The zero-order valence-corrected chi connectivity index (χ0v) is 12.0. The largest absolute Gasteiger partial charge is 0.497 e. The second-order valence-corrected chi connectivity index (χ2v) is 5.43. The Balaban J connectivity index is 2.04. The summed E-state index contributed by atoms with van der Waals surface area (Å²) in [5.41, 5.74) is 2.79. The third-order valence-corrected chi connectivity index (χ3v) is 4.15. The SMILES string of the molecule is COc1ccc2[nH]c(C)c(C(=O)C3CCNCC3)c2c1. The summed E-state index contributed by atoms with van der Waals surface area (Å²) in [7, 11) is 1.65. The summed E-state index contributed by atoms with van der Waals surface area (Å²) < 4.78 is 5.28. The quantitative estimate of drug-likeness (QED) is 0.845. The number of Topliss-reactive ketones (excluding diaryl/α,β-unsaturated/α-hetero) is 1. The molecule has 1 saturated heterocycles. The molecule has 0 unspecified atom stereocenters. The highest BCUT2D eigenvalue weighted by Gasteiger charge is 2.26. The molecule has 4 nitrogen and oxygen atoms in total. The van der Waals surface area contributed by atoms with Crippen LogP contribution in [0.15, 0.2) is 18.2 Å². The number of carbonyl (C=O) groups is 1. The average molecular weight is 272 g/mol. The Morgan fingerprint density at radius 3 is 2.75 bits per heavy atom. The summed E-state index contributed by atoms with van der Waals surface area (Å²) in [6.45, 7) is 3.84. The summed E-state index contributed by atoms with van der Waals surface area (Å²) >= 11 is 0. The second kappa shape index (κ2) is 5.29. The molecule has 1 aliphatic heterocycles. The van der Waals surface area contributed by atoms with Crippen molar-refractivity contribution in [2.45, 2.75) is 19.8 Å². The van der Waals surface area contributed by atoms with Gasteiger partial charge in [0.1, 0.15) is 5.75 Å². The van der Waals surface area contributed by atoms with Gasteiger partial charge in [0.25, 0.3) is 0 Å². The van der Waals surface area contributed by atoms with Crippen molar-refractivity contribution in [1.82, 2.24) is 10.3 Å². The molecule has 2 N–H and O–H groups in total. The van der Waals surface area contributed by atoms with Gasteiger partial charge in [-0.1, -0.05) is 0 Å². The van der Waals surface area contributed by atoms with E-state index in [1.54, 1.807) is 7.11 Å². The van der Waals surface area contributed by atoms with Crippen LogP contribution >= 0.6 is 0 Å². The Morgan fingerprint density at radius 2 is 2.05 bits per heavy atom. The molecule has 1 aliphatic rings. The van der Waals surface area contributed by atoms with Crippen molar-refractivity contribution in [3.05, 3.63) is 29.5 Å². The normalized spacial score (nSPS) is 16.5. The van der Waals surface area contributed by atoms with E-state index in [1.807, 2.05) is 25.1 Å². The minimum Gasteiger partial charge on any atom is -0.497 e. The molecule has 0 radical (unpaired) electrons. The van der Waals surface area contributed by atoms with Crippen LogP contribution in [-0.4, -0.2) is 31.0 Å². The number of hydrogen-bond donors (Lipinski definition) is 2. The maximum Gasteiger partial charge on any atom is 0.168 e. The Labute approximate surface area is 118 Å². The van der Waals surface area contributed by atoms with Crippen LogP contribution in [0.1, 0.15) is 28.9 Å². The van der Waals surface area contributed by atoms with Crippen LogP contribution in [0.4, 0.5) is 0 Å². The average Bonchev–Trinajstić information content (AvgIpc) is 2.82. The van der Waals surface area contributed by atoms with Crippen molar-refractivity contribution in [2.24, 2.45) is 5.92 Å². The third kappa shape index (κ3) is 2.20. The van der Waals surface area contributed by atoms with Gasteiger partial charge in [-0.25, -0.2) is 0 Å². The van der Waals surface area contributed by atoms with Gasteiger partial charge in [-0.15, -0.1) is 0 Å². The van der Waals surface area contributed by atoms with Crippen molar-refractivity contribution >= 4 is 16.7 Å². The molecule has 1 fully saturated rings. The lowest BCUT2D eigenvalue weighted by Crippen LogP contribution is -2.32. The van der Waals surface area contributed by atoms with Gasteiger partial charge in [-0.05, 0) is 51.1 Å². The molecule has 1 aromatic heterocycles. The first kappa shape index (κ1) is 13.2. The number of H-pyrrole nitrogens is 1. The standard InChI is InChI=1S/C16H20N2O2/c1-10-15(16(19)11-5-7-17-8-6-11)13-9-12(20-2)3-4-14(13)18-10/h3-4,9,11,17-18H,5-8H2,1-2H3. The highest BCUT2D eigenvalue weighted by molar-refractivity contribution is 6.10. The number of aromatic amines is 1. The van der Waals surface area contributed by atoms with Crippen LogP contribution < -0.4 is 10.1 Å². The molecule has 0 saturated carbocycles. The molecule has 106 valence electrons. The molecule has 0 aliphatic carbocycles. The van der Waals surface area contributed by atoms with Crippen molar-refractivity contribution in [3.8, 4) is 5.75 Å². The third-order valence-electron chi connectivity index (χ3n) is 4.15. The monoisotopic (exact) mass is 272 g/mol. The molecule has 2 aromatic rings. The van der Waals surface area contributed by atoms with E-state index in [0.717, 1.165) is 53.8 Å². The molecular weight excluding hydrogens is 252 g/mol. The minimum absolute atomic E-state index is 0.139. The molecule has 0 spiro atoms. The fourth-order valence-corrected chi connectivity index (χ4v) is 3.04. The van der Waals surface area contributed by atoms with E-state index in [-0.39, 0.29) is 11.7 Å². The first-order valence-corrected chi connectivity index (χ1v) is 7.12. The highest BCUT2D eigenvalue weighted by Crippen LogP contribution is 2.30. The number of hydrogen-bond acceptors (Lipinski definition) is 3. The van der Waals surface area contributed by atoms with E-state index >= 15 is 0 Å². The molecular formula is C16H20N2O2. The lowest BCUT2D eigenvalue weighted by molar-refractivity contribution is 0.0896. The smallest absolute Gasteiger partial charge is 0.168 e. The first-order chi connectivity index (χ1) is 9.70. The Kier molecular flexibility index (Phi) is 3.49. The van der Waals surface area contributed by atoms with Gasteiger partial charge in [0.15, 0.2) is 5.78 Å². The van der Waals surface area contributed by atoms with E-state index in [2.05, 4.69) is 10.3 Å². The fourth-order valence-electron chi connectivity index (χ4n) is 3.04. The van der Waals surface area contributed by atoms with Crippen LogP contribution in [0.5, 0.6) is 5.75 Å². The van der Waals surface area contributed by atoms with E-state index in [4.69, 9.17) is 4.74 Å². The summed E-state index contributed by atoms with van der Waals surface area (Å²) in [5, 5.41) is 4.28. The lowest BCUT2D eigenvalue weighted by Gasteiger charge is -2.21.